The molecule has 0 saturated carbocycles. The van der Waals surface area contributed by atoms with E-state index < -0.39 is 0 Å². The first-order valence-electron chi connectivity index (χ1n) is 2.80. The fourth-order valence-electron chi connectivity index (χ4n) is 0.600. The second-order valence-corrected chi connectivity index (χ2v) is 3.90. The van der Waals surface area contributed by atoms with Gasteiger partial charge in [-0.25, -0.2) is 0 Å². The molecule has 0 radical (unpaired) electrons. The van der Waals surface area contributed by atoms with Crippen LogP contribution in [0.15, 0.2) is 12.1 Å². The zero-order chi connectivity index (χ0) is 6.85. The average Bonchev–Trinajstić information content (AvgIpc) is 1.80. The van der Waals surface area contributed by atoms with Gasteiger partial charge in [0.1, 0.15) is 0 Å². The summed E-state index contributed by atoms with van der Waals surface area (Å²) in [5, 5.41) is 0.615. The summed E-state index contributed by atoms with van der Waals surface area (Å²) in [6.07, 6.45) is 0. The van der Waals surface area contributed by atoms with Gasteiger partial charge in [0.25, 0.3) is 0 Å². The van der Waals surface area contributed by atoms with Gasteiger partial charge in [0.15, 0.2) is 0 Å². The predicted molar refractivity (Wildman–Crippen MR) is 39.4 cm³/mol. The zero-order valence-electron chi connectivity index (χ0n) is 5.48. The molecule has 0 bridgehead atoms. The molecule has 9 heavy (non-hydrogen) atoms. The molecule has 0 aliphatic rings. The SMILES string of the molecule is Cc1ccc(Cl)n[c]1[K]. The Balaban J connectivity index is 3.17. The molecule has 1 rings (SSSR count). The van der Waals surface area contributed by atoms with Crippen molar-refractivity contribution >= 4 is 60.3 Å². The van der Waals surface area contributed by atoms with Gasteiger partial charge in [0.2, 0.25) is 0 Å². The fraction of sp³-hybridized carbons (Fsp3) is 0.167. The van der Waals surface area contributed by atoms with Crippen molar-refractivity contribution in [1.82, 2.24) is 4.98 Å². The molecule has 1 heterocycles. The van der Waals surface area contributed by atoms with Gasteiger partial charge in [-0.2, -0.15) is 0 Å². The number of aromatic nitrogens is 1. The maximum atomic E-state index is 5.64. The minimum atomic E-state index is 0.615. The quantitative estimate of drug-likeness (QED) is 0.410. The molecular weight excluding hydrogens is 161 g/mol. The van der Waals surface area contributed by atoms with Crippen LogP contribution in [0.25, 0.3) is 0 Å². The molecule has 0 fully saturated rings. The molecule has 0 spiro atoms. The molecule has 0 aromatic carbocycles. The Hall–Kier alpha value is 1.08. The molecule has 3 heteroatoms. The number of hydrogen-bond donors (Lipinski definition) is 0. The van der Waals surface area contributed by atoms with Crippen molar-refractivity contribution in [2.24, 2.45) is 0 Å². The molecule has 0 N–H and O–H groups in total. The molecule has 42 valence electrons. The van der Waals surface area contributed by atoms with Crippen LogP contribution in [0.3, 0.4) is 0 Å². The maximum absolute atomic E-state index is 5.64. The van der Waals surface area contributed by atoms with E-state index in [-0.39, 0.29) is 0 Å². The number of halogens is 1. The third-order valence-corrected chi connectivity index (χ3v) is 3.11. The van der Waals surface area contributed by atoms with Crippen LogP contribution in [-0.4, -0.2) is 53.9 Å². The number of hydrogen-bond acceptors (Lipinski definition) is 1. The summed E-state index contributed by atoms with van der Waals surface area (Å²) in [6.45, 7) is 2.06. The molecule has 1 nitrogen and oxygen atoms in total. The third kappa shape index (κ3) is 2.29. The third-order valence-electron chi connectivity index (χ3n) is 1.32. The van der Waals surface area contributed by atoms with Crippen LogP contribution in [0.5, 0.6) is 0 Å². The van der Waals surface area contributed by atoms with Crippen LogP contribution in [0, 0.1) is 6.92 Å². The van der Waals surface area contributed by atoms with E-state index in [2.05, 4.69) is 11.9 Å². The fourth-order valence-corrected chi connectivity index (χ4v) is 1.65. The van der Waals surface area contributed by atoms with Crippen LogP contribution in [-0.2, 0) is 0 Å². The number of rotatable bonds is 0. The first-order valence-corrected chi connectivity index (χ1v) is 4.74. The van der Waals surface area contributed by atoms with Crippen LogP contribution in [0.1, 0.15) is 5.56 Å². The molecule has 0 aliphatic heterocycles. The Kier molecular flexibility index (Phi) is 3.15. The normalized spacial score (nSPS) is 9.78. The molecule has 0 aliphatic carbocycles. The summed E-state index contributed by atoms with van der Waals surface area (Å²) in [6, 6.07) is 3.84. The molecule has 0 atom stereocenters. The second-order valence-electron chi connectivity index (χ2n) is 2.04. The van der Waals surface area contributed by atoms with Gasteiger partial charge in [0, 0.05) is 0 Å². The predicted octanol–water partition coefficient (Wildman–Crippen LogP) is 0.837. The molecule has 0 unspecified atom stereocenters. The molecule has 1 aromatic heterocycles. The first-order chi connectivity index (χ1) is 4.20. The van der Waals surface area contributed by atoms with Crippen molar-refractivity contribution in [2.75, 3.05) is 0 Å². The standard InChI is InChI=1S/C6H5ClN.K/c1-5-2-3-6(7)8-4-5;/h2-3H,1H3;. The van der Waals surface area contributed by atoms with E-state index in [9.17, 15) is 0 Å². The van der Waals surface area contributed by atoms with Gasteiger partial charge in [-0.1, -0.05) is 0 Å². The van der Waals surface area contributed by atoms with Crippen molar-refractivity contribution in [2.45, 2.75) is 6.92 Å². The van der Waals surface area contributed by atoms with Crippen molar-refractivity contribution in [3.63, 3.8) is 0 Å². The van der Waals surface area contributed by atoms with E-state index in [1.54, 1.807) is 0 Å². The Morgan fingerprint density at radius 3 is 2.67 bits per heavy atom. The van der Waals surface area contributed by atoms with E-state index in [0.717, 1.165) is 0 Å². The Morgan fingerprint density at radius 1 is 1.56 bits per heavy atom. The topological polar surface area (TPSA) is 12.9 Å². The summed E-state index contributed by atoms with van der Waals surface area (Å²) in [5.74, 6) is 0. The second kappa shape index (κ2) is 3.46. The molecule has 1 aromatic rings. The summed E-state index contributed by atoms with van der Waals surface area (Å²) in [4.78, 5) is 4.12. The van der Waals surface area contributed by atoms with Gasteiger partial charge in [-0.15, -0.1) is 0 Å². The first kappa shape index (κ1) is 8.18. The monoisotopic (exact) mass is 165 g/mol. The minimum absolute atomic E-state index is 0.615. The summed E-state index contributed by atoms with van der Waals surface area (Å²) >= 11 is 6.28. The van der Waals surface area contributed by atoms with Crippen molar-refractivity contribution in [3.8, 4) is 0 Å². The molecule has 0 saturated heterocycles. The van der Waals surface area contributed by atoms with Crippen LogP contribution < -0.4 is -0.212 Å². The summed E-state index contributed by atoms with van der Waals surface area (Å²) in [7, 11) is 0. The van der Waals surface area contributed by atoms with E-state index in [1.165, 1.54) is 5.35 Å². The molecular formula is C6H5ClKN. The number of pyridine rings is 1. The van der Waals surface area contributed by atoms with Gasteiger partial charge >= 0.3 is 95.1 Å². The van der Waals surface area contributed by atoms with E-state index in [4.69, 9.17) is 11.6 Å². The van der Waals surface area contributed by atoms with Crippen molar-refractivity contribution in [3.05, 3.63) is 22.8 Å². The van der Waals surface area contributed by atoms with Gasteiger partial charge in [-0.3, -0.25) is 0 Å². The zero-order valence-corrected chi connectivity index (χ0v) is 9.36. The summed E-state index contributed by atoms with van der Waals surface area (Å²) < 4.78 is 1.19. The number of nitrogens with zero attached hydrogens (tertiary/aromatic N) is 1. The van der Waals surface area contributed by atoms with Crippen LogP contribution >= 0.6 is 11.6 Å². The Labute approximate surface area is 93.4 Å². The van der Waals surface area contributed by atoms with E-state index in [0.29, 0.717) is 54.1 Å². The van der Waals surface area contributed by atoms with Crippen molar-refractivity contribution < 1.29 is 0 Å². The van der Waals surface area contributed by atoms with Gasteiger partial charge in [0.05, 0.1) is 0 Å². The average molecular weight is 166 g/mol. The van der Waals surface area contributed by atoms with Crippen LogP contribution in [0.2, 0.25) is 5.15 Å². The Morgan fingerprint density at radius 2 is 2.22 bits per heavy atom. The van der Waals surface area contributed by atoms with Crippen molar-refractivity contribution in [1.29, 1.82) is 0 Å². The van der Waals surface area contributed by atoms with E-state index in [1.807, 2.05) is 12.1 Å². The van der Waals surface area contributed by atoms with Gasteiger partial charge in [-0.05, 0) is 0 Å². The number of aryl methyl sites for hydroxylation is 1. The summed E-state index contributed by atoms with van der Waals surface area (Å²) in [5.41, 5.74) is 1.26. The molecule has 0 amide bonds. The van der Waals surface area contributed by atoms with E-state index >= 15 is 0 Å². The Bertz CT molecular complexity index is 224. The van der Waals surface area contributed by atoms with Crippen LogP contribution in [0.4, 0.5) is 0 Å². The van der Waals surface area contributed by atoms with Gasteiger partial charge < -0.3 is 0 Å².